The molecule has 0 atom stereocenters. The van der Waals surface area contributed by atoms with Crippen LogP contribution in [0, 0.1) is 0 Å². The van der Waals surface area contributed by atoms with Gasteiger partial charge < -0.3 is 4.42 Å². The average Bonchev–Trinajstić information content (AvgIpc) is 3.07. The van der Waals surface area contributed by atoms with Crippen LogP contribution in [-0.2, 0) is 0 Å². The van der Waals surface area contributed by atoms with Gasteiger partial charge in [-0.25, -0.2) is 5.43 Å². The third-order valence-electron chi connectivity index (χ3n) is 3.30. The molecule has 0 unspecified atom stereocenters. The van der Waals surface area contributed by atoms with Crippen molar-refractivity contribution >= 4 is 46.9 Å². The highest BCUT2D eigenvalue weighted by atomic mass is 35.5. The molecule has 0 bridgehead atoms. The molecule has 7 heteroatoms. The third kappa shape index (κ3) is 4.23. The summed E-state index contributed by atoms with van der Waals surface area (Å²) in [5.74, 6) is 0.654. The van der Waals surface area contributed by atoms with Crippen LogP contribution in [0.5, 0.6) is 0 Å². The van der Waals surface area contributed by atoms with Crippen molar-refractivity contribution < 1.29 is 9.21 Å². The number of rotatable bonds is 4. The van der Waals surface area contributed by atoms with Gasteiger partial charge >= 0.3 is 0 Å². The normalized spacial score (nSPS) is 11.0. The number of hydrazone groups is 1. The van der Waals surface area contributed by atoms with Gasteiger partial charge in [-0.1, -0.05) is 53.0 Å². The first-order valence-electron chi connectivity index (χ1n) is 7.18. The number of carbonyl (C=O) groups is 1. The van der Waals surface area contributed by atoms with Crippen LogP contribution in [0.2, 0.25) is 15.1 Å². The number of carbonyl (C=O) groups excluding carboxylic acids is 1. The van der Waals surface area contributed by atoms with Crippen LogP contribution >= 0.6 is 34.8 Å². The first kappa shape index (κ1) is 17.5. The maximum atomic E-state index is 11.9. The van der Waals surface area contributed by atoms with Gasteiger partial charge in [-0.3, -0.25) is 4.79 Å². The number of amides is 1. The molecule has 0 aliphatic rings. The maximum absolute atomic E-state index is 11.9. The van der Waals surface area contributed by atoms with E-state index in [0.29, 0.717) is 37.7 Å². The highest BCUT2D eigenvalue weighted by Gasteiger charge is 2.11. The van der Waals surface area contributed by atoms with Crippen LogP contribution in [0.1, 0.15) is 16.1 Å². The Bertz CT molecular complexity index is 937. The largest absolute Gasteiger partial charge is 0.455 e. The highest BCUT2D eigenvalue weighted by Crippen LogP contribution is 2.35. The Morgan fingerprint density at radius 3 is 2.44 bits per heavy atom. The van der Waals surface area contributed by atoms with Crippen molar-refractivity contribution in [2.75, 3.05) is 0 Å². The van der Waals surface area contributed by atoms with E-state index in [-0.39, 0.29) is 5.91 Å². The van der Waals surface area contributed by atoms with E-state index in [9.17, 15) is 4.79 Å². The Balaban J connectivity index is 1.72. The number of nitrogens with one attached hydrogen (secondary N) is 1. The lowest BCUT2D eigenvalue weighted by molar-refractivity contribution is 0.0955. The van der Waals surface area contributed by atoms with E-state index in [1.807, 2.05) is 6.07 Å². The third-order valence-corrected chi connectivity index (χ3v) is 4.33. The predicted octanol–water partition coefficient (Wildman–Crippen LogP) is 5.67. The number of hydrogen-bond donors (Lipinski definition) is 1. The lowest BCUT2D eigenvalue weighted by Crippen LogP contribution is -2.17. The summed E-state index contributed by atoms with van der Waals surface area (Å²) in [5.41, 5.74) is 3.56. The number of benzene rings is 2. The Hall–Kier alpha value is -2.27. The number of nitrogens with zero attached hydrogens (tertiary/aromatic N) is 1. The molecule has 0 aliphatic heterocycles. The topological polar surface area (TPSA) is 54.6 Å². The maximum Gasteiger partial charge on any atom is 0.271 e. The summed E-state index contributed by atoms with van der Waals surface area (Å²) in [6.45, 7) is 0. The van der Waals surface area contributed by atoms with Crippen molar-refractivity contribution in [3.05, 3.63) is 81.0 Å². The van der Waals surface area contributed by atoms with Crippen molar-refractivity contribution in [1.29, 1.82) is 0 Å². The Labute approximate surface area is 159 Å². The number of furan rings is 1. The second-order valence-electron chi connectivity index (χ2n) is 5.01. The van der Waals surface area contributed by atoms with Crippen LogP contribution in [-0.4, -0.2) is 12.1 Å². The van der Waals surface area contributed by atoms with Crippen LogP contribution in [0.3, 0.4) is 0 Å². The summed E-state index contributed by atoms with van der Waals surface area (Å²) >= 11 is 18.1. The summed E-state index contributed by atoms with van der Waals surface area (Å²) in [5, 5.41) is 5.05. The first-order valence-corrected chi connectivity index (χ1v) is 8.31. The fourth-order valence-corrected chi connectivity index (χ4v) is 2.73. The smallest absolute Gasteiger partial charge is 0.271 e. The van der Waals surface area contributed by atoms with Gasteiger partial charge in [-0.05, 0) is 36.4 Å². The van der Waals surface area contributed by atoms with Gasteiger partial charge in [0.15, 0.2) is 0 Å². The number of hydrogen-bond acceptors (Lipinski definition) is 3. The van der Waals surface area contributed by atoms with E-state index < -0.39 is 0 Å². The fraction of sp³-hybridized carbons (Fsp3) is 0. The first-order chi connectivity index (χ1) is 12.0. The second-order valence-corrected chi connectivity index (χ2v) is 6.23. The summed E-state index contributed by atoms with van der Waals surface area (Å²) < 4.78 is 5.65. The van der Waals surface area contributed by atoms with E-state index >= 15 is 0 Å². The van der Waals surface area contributed by atoms with Gasteiger partial charge in [0.1, 0.15) is 11.5 Å². The fourth-order valence-electron chi connectivity index (χ4n) is 2.09. The molecule has 0 radical (unpaired) electrons. The molecule has 0 saturated heterocycles. The minimum atomic E-state index is -0.309. The van der Waals surface area contributed by atoms with Crippen LogP contribution in [0.15, 0.2) is 64.1 Å². The molecule has 25 heavy (non-hydrogen) atoms. The molecule has 1 amide bonds. The van der Waals surface area contributed by atoms with Crippen molar-refractivity contribution in [3.63, 3.8) is 0 Å². The van der Waals surface area contributed by atoms with Crippen LogP contribution in [0.4, 0.5) is 0 Å². The standard InChI is InChI=1S/C18H11Cl3N2O2/c19-14-9-16(21)15(20)8-13(14)17-7-6-12(25-17)10-22-23-18(24)11-4-2-1-3-5-11/h1-10H,(H,23,24). The monoisotopic (exact) mass is 392 g/mol. The highest BCUT2D eigenvalue weighted by molar-refractivity contribution is 6.44. The molecule has 4 nitrogen and oxygen atoms in total. The van der Waals surface area contributed by atoms with Gasteiger partial charge in [-0.15, -0.1) is 0 Å². The van der Waals surface area contributed by atoms with Crippen molar-refractivity contribution in [2.24, 2.45) is 5.10 Å². The van der Waals surface area contributed by atoms with E-state index in [0.717, 1.165) is 0 Å². The summed E-state index contributed by atoms with van der Waals surface area (Å²) in [6, 6.07) is 15.4. The minimum absolute atomic E-state index is 0.309. The Morgan fingerprint density at radius 1 is 0.960 bits per heavy atom. The number of halogens is 3. The van der Waals surface area contributed by atoms with Crippen molar-refractivity contribution in [2.45, 2.75) is 0 Å². The Kier molecular flexibility index (Phi) is 5.43. The van der Waals surface area contributed by atoms with Gasteiger partial charge in [0.25, 0.3) is 5.91 Å². The second kappa shape index (κ2) is 7.74. The molecule has 0 spiro atoms. The lowest BCUT2D eigenvalue weighted by Gasteiger charge is -2.03. The molecular formula is C18H11Cl3N2O2. The summed E-state index contributed by atoms with van der Waals surface area (Å²) in [6.07, 6.45) is 1.40. The molecule has 3 rings (SSSR count). The molecule has 1 heterocycles. The zero-order valence-corrected chi connectivity index (χ0v) is 14.9. The molecule has 0 aliphatic carbocycles. The average molecular weight is 394 g/mol. The quantitative estimate of drug-likeness (QED) is 0.353. The van der Waals surface area contributed by atoms with Gasteiger partial charge in [0.2, 0.25) is 0 Å². The van der Waals surface area contributed by atoms with Crippen molar-refractivity contribution in [3.8, 4) is 11.3 Å². The van der Waals surface area contributed by atoms with Gasteiger partial charge in [-0.2, -0.15) is 5.10 Å². The zero-order chi connectivity index (χ0) is 17.8. The molecule has 0 saturated carbocycles. The SMILES string of the molecule is O=C(NN=Cc1ccc(-c2cc(Cl)c(Cl)cc2Cl)o1)c1ccccc1. The Morgan fingerprint density at radius 2 is 1.68 bits per heavy atom. The van der Waals surface area contributed by atoms with Crippen LogP contribution in [0.25, 0.3) is 11.3 Å². The summed E-state index contributed by atoms with van der Waals surface area (Å²) in [7, 11) is 0. The van der Waals surface area contributed by atoms with E-state index in [2.05, 4.69) is 10.5 Å². The predicted molar refractivity (Wildman–Crippen MR) is 101 cm³/mol. The lowest BCUT2D eigenvalue weighted by atomic mass is 10.2. The van der Waals surface area contributed by atoms with Crippen molar-refractivity contribution in [1.82, 2.24) is 5.43 Å². The molecule has 3 aromatic rings. The summed E-state index contributed by atoms with van der Waals surface area (Å²) in [4.78, 5) is 11.9. The molecule has 126 valence electrons. The minimum Gasteiger partial charge on any atom is -0.455 e. The van der Waals surface area contributed by atoms with E-state index in [1.54, 1.807) is 48.5 Å². The van der Waals surface area contributed by atoms with Gasteiger partial charge in [0, 0.05) is 11.1 Å². The van der Waals surface area contributed by atoms with Crippen LogP contribution < -0.4 is 5.43 Å². The molecule has 2 aromatic carbocycles. The molecule has 1 N–H and O–H groups in total. The molecular weight excluding hydrogens is 383 g/mol. The zero-order valence-electron chi connectivity index (χ0n) is 12.7. The van der Waals surface area contributed by atoms with E-state index in [1.165, 1.54) is 6.21 Å². The van der Waals surface area contributed by atoms with Gasteiger partial charge in [0.05, 0.1) is 21.3 Å². The molecule has 0 fully saturated rings. The van der Waals surface area contributed by atoms with E-state index in [4.69, 9.17) is 39.2 Å². The molecule has 1 aromatic heterocycles.